The lowest BCUT2D eigenvalue weighted by Gasteiger charge is -2.37. The fourth-order valence-corrected chi connectivity index (χ4v) is 3.74. The molecule has 2 aliphatic heterocycles. The Morgan fingerprint density at radius 2 is 1.85 bits per heavy atom. The topological polar surface area (TPSA) is 52.6 Å². The molecule has 2 saturated heterocycles. The van der Waals surface area contributed by atoms with Gasteiger partial charge in [0.05, 0.1) is 0 Å². The van der Waals surface area contributed by atoms with E-state index in [1.54, 1.807) is 0 Å². The number of nitrogens with zero attached hydrogens (tertiary/aromatic N) is 1. The Kier molecular flexibility index (Phi) is 3.76. The summed E-state index contributed by atoms with van der Waals surface area (Å²) in [6.45, 7) is 0. The van der Waals surface area contributed by atoms with E-state index < -0.39 is 12.0 Å². The summed E-state index contributed by atoms with van der Waals surface area (Å²) in [5, 5.41) is 12.9. The van der Waals surface area contributed by atoms with Crippen molar-refractivity contribution in [3.05, 3.63) is 35.9 Å². The highest BCUT2D eigenvalue weighted by molar-refractivity contribution is 5.75. The Balaban J connectivity index is 1.71. The zero-order valence-corrected chi connectivity index (χ0v) is 11.8. The van der Waals surface area contributed by atoms with Crippen LogP contribution in [0.4, 0.5) is 0 Å². The van der Waals surface area contributed by atoms with E-state index in [0.717, 1.165) is 18.4 Å². The molecule has 2 bridgehead atoms. The molecule has 3 unspecified atom stereocenters. The van der Waals surface area contributed by atoms with Gasteiger partial charge in [-0.05, 0) is 38.3 Å². The predicted molar refractivity (Wildman–Crippen MR) is 77.5 cm³/mol. The predicted octanol–water partition coefficient (Wildman–Crippen LogP) is 2.03. The first-order valence-electron chi connectivity index (χ1n) is 7.41. The number of carboxylic acid groups (broad SMARTS) is 1. The highest BCUT2D eigenvalue weighted by Crippen LogP contribution is 2.35. The molecule has 0 aromatic heterocycles. The van der Waals surface area contributed by atoms with Crippen molar-refractivity contribution in [2.24, 2.45) is 0 Å². The molecule has 3 rings (SSSR count). The lowest BCUT2D eigenvalue weighted by molar-refractivity contribution is -0.140. The van der Waals surface area contributed by atoms with Gasteiger partial charge in [-0.2, -0.15) is 0 Å². The highest BCUT2D eigenvalue weighted by Gasteiger charge is 2.39. The molecule has 3 atom stereocenters. The Hall–Kier alpha value is -1.39. The van der Waals surface area contributed by atoms with Crippen molar-refractivity contribution in [2.45, 2.75) is 49.9 Å². The minimum Gasteiger partial charge on any atom is -0.480 e. The SMILES string of the molecule is CN1C2CCC1CC(NC(C(=O)O)c1ccccc1)C2. The second kappa shape index (κ2) is 5.54. The first-order valence-corrected chi connectivity index (χ1v) is 7.41. The van der Waals surface area contributed by atoms with E-state index in [9.17, 15) is 9.90 Å². The number of fused-ring (bicyclic) bond motifs is 2. The number of aliphatic carboxylic acids is 1. The molecule has 4 nitrogen and oxygen atoms in total. The van der Waals surface area contributed by atoms with Crippen LogP contribution in [-0.4, -0.2) is 41.1 Å². The lowest BCUT2D eigenvalue weighted by atomic mass is 9.96. The van der Waals surface area contributed by atoms with Crippen LogP contribution in [0.15, 0.2) is 30.3 Å². The zero-order valence-electron chi connectivity index (χ0n) is 11.8. The zero-order chi connectivity index (χ0) is 14.1. The van der Waals surface area contributed by atoms with E-state index in [1.807, 2.05) is 30.3 Å². The Morgan fingerprint density at radius 1 is 1.25 bits per heavy atom. The third-order valence-corrected chi connectivity index (χ3v) is 4.88. The molecular weight excluding hydrogens is 252 g/mol. The average molecular weight is 274 g/mol. The first-order chi connectivity index (χ1) is 9.65. The van der Waals surface area contributed by atoms with Crippen molar-refractivity contribution in [3.63, 3.8) is 0 Å². The van der Waals surface area contributed by atoms with Gasteiger partial charge in [0.15, 0.2) is 0 Å². The standard InChI is InChI=1S/C16H22N2O2/c1-18-13-7-8-14(18)10-12(9-13)17-15(16(19)20)11-5-3-2-4-6-11/h2-6,12-15,17H,7-10H2,1H3,(H,19,20). The molecule has 2 aliphatic rings. The fraction of sp³-hybridized carbons (Fsp3) is 0.562. The van der Waals surface area contributed by atoms with Gasteiger partial charge in [-0.25, -0.2) is 0 Å². The Bertz CT molecular complexity index is 463. The summed E-state index contributed by atoms with van der Waals surface area (Å²) >= 11 is 0. The third-order valence-electron chi connectivity index (χ3n) is 4.88. The molecule has 1 aromatic rings. The van der Waals surface area contributed by atoms with Crippen LogP contribution >= 0.6 is 0 Å². The second-order valence-electron chi connectivity index (χ2n) is 6.07. The third kappa shape index (κ3) is 2.58. The largest absolute Gasteiger partial charge is 0.480 e. The highest BCUT2D eigenvalue weighted by atomic mass is 16.4. The van der Waals surface area contributed by atoms with E-state index in [2.05, 4.69) is 17.3 Å². The molecule has 0 aliphatic carbocycles. The van der Waals surface area contributed by atoms with Crippen LogP contribution in [0, 0.1) is 0 Å². The van der Waals surface area contributed by atoms with E-state index in [1.165, 1.54) is 12.8 Å². The molecule has 0 saturated carbocycles. The molecule has 2 fully saturated rings. The van der Waals surface area contributed by atoms with Gasteiger partial charge in [-0.1, -0.05) is 30.3 Å². The van der Waals surface area contributed by atoms with Gasteiger partial charge < -0.3 is 10.0 Å². The average Bonchev–Trinajstić information content (AvgIpc) is 2.67. The normalized spacial score (nSPS) is 31.1. The van der Waals surface area contributed by atoms with Crippen LogP contribution in [0.1, 0.15) is 37.3 Å². The van der Waals surface area contributed by atoms with Crippen LogP contribution in [0.3, 0.4) is 0 Å². The number of piperidine rings is 1. The van der Waals surface area contributed by atoms with E-state index in [4.69, 9.17) is 0 Å². The molecule has 0 radical (unpaired) electrons. The molecule has 0 spiro atoms. The van der Waals surface area contributed by atoms with Crippen molar-refractivity contribution >= 4 is 5.97 Å². The maximum absolute atomic E-state index is 11.5. The molecular formula is C16H22N2O2. The van der Waals surface area contributed by atoms with Crippen molar-refractivity contribution in [3.8, 4) is 0 Å². The molecule has 4 heteroatoms. The maximum atomic E-state index is 11.5. The Morgan fingerprint density at radius 3 is 2.40 bits per heavy atom. The summed E-state index contributed by atoms with van der Waals surface area (Å²) in [6.07, 6.45) is 4.62. The van der Waals surface area contributed by atoms with Gasteiger partial charge in [-0.3, -0.25) is 10.1 Å². The van der Waals surface area contributed by atoms with Crippen molar-refractivity contribution < 1.29 is 9.90 Å². The number of benzene rings is 1. The Labute approximate surface area is 119 Å². The van der Waals surface area contributed by atoms with E-state index in [0.29, 0.717) is 18.1 Å². The van der Waals surface area contributed by atoms with Crippen LogP contribution < -0.4 is 5.32 Å². The number of hydrogen-bond donors (Lipinski definition) is 2. The van der Waals surface area contributed by atoms with Gasteiger partial charge >= 0.3 is 5.97 Å². The quantitative estimate of drug-likeness (QED) is 0.882. The molecule has 20 heavy (non-hydrogen) atoms. The lowest BCUT2D eigenvalue weighted by Crippen LogP contribution is -2.49. The summed E-state index contributed by atoms with van der Waals surface area (Å²) < 4.78 is 0. The van der Waals surface area contributed by atoms with E-state index >= 15 is 0 Å². The molecule has 2 N–H and O–H groups in total. The number of carbonyl (C=O) groups is 1. The summed E-state index contributed by atoms with van der Waals surface area (Å²) in [7, 11) is 2.20. The van der Waals surface area contributed by atoms with Crippen LogP contribution in [0.5, 0.6) is 0 Å². The van der Waals surface area contributed by atoms with Crippen molar-refractivity contribution in [1.82, 2.24) is 10.2 Å². The van der Waals surface area contributed by atoms with Gasteiger partial charge in [0.25, 0.3) is 0 Å². The second-order valence-corrected chi connectivity index (χ2v) is 6.07. The van der Waals surface area contributed by atoms with Gasteiger partial charge in [0, 0.05) is 18.1 Å². The fourth-order valence-electron chi connectivity index (χ4n) is 3.74. The van der Waals surface area contributed by atoms with Crippen LogP contribution in [0.25, 0.3) is 0 Å². The van der Waals surface area contributed by atoms with Gasteiger partial charge in [0.2, 0.25) is 0 Å². The maximum Gasteiger partial charge on any atom is 0.325 e. The van der Waals surface area contributed by atoms with Crippen molar-refractivity contribution in [1.29, 1.82) is 0 Å². The van der Waals surface area contributed by atoms with Gasteiger partial charge in [-0.15, -0.1) is 0 Å². The summed E-state index contributed by atoms with van der Waals surface area (Å²) in [5.74, 6) is -0.789. The summed E-state index contributed by atoms with van der Waals surface area (Å²) in [5.41, 5.74) is 0.839. The number of hydrogen-bond acceptors (Lipinski definition) is 3. The minimum atomic E-state index is -0.789. The smallest absolute Gasteiger partial charge is 0.325 e. The summed E-state index contributed by atoms with van der Waals surface area (Å²) in [6, 6.07) is 10.4. The first kappa shape index (κ1) is 13.6. The number of carboxylic acids is 1. The van der Waals surface area contributed by atoms with Gasteiger partial charge in [0.1, 0.15) is 6.04 Å². The molecule has 108 valence electrons. The molecule has 2 heterocycles. The molecule has 1 aromatic carbocycles. The van der Waals surface area contributed by atoms with E-state index in [-0.39, 0.29) is 0 Å². The monoisotopic (exact) mass is 274 g/mol. The number of rotatable bonds is 4. The van der Waals surface area contributed by atoms with Crippen molar-refractivity contribution in [2.75, 3.05) is 7.05 Å². The summed E-state index contributed by atoms with van der Waals surface area (Å²) in [4.78, 5) is 14.0. The minimum absolute atomic E-state index is 0.310. The number of nitrogens with one attached hydrogen (secondary N) is 1. The van der Waals surface area contributed by atoms with Crippen LogP contribution in [-0.2, 0) is 4.79 Å². The van der Waals surface area contributed by atoms with Crippen LogP contribution in [0.2, 0.25) is 0 Å². The molecule has 0 amide bonds.